The van der Waals surface area contributed by atoms with Crippen molar-refractivity contribution in [2.75, 3.05) is 14.2 Å². The summed E-state index contributed by atoms with van der Waals surface area (Å²) in [6, 6.07) is 11.2. The van der Waals surface area contributed by atoms with Crippen molar-refractivity contribution in [2.24, 2.45) is 0 Å². The van der Waals surface area contributed by atoms with Gasteiger partial charge in [0.05, 0.1) is 14.2 Å². The van der Waals surface area contributed by atoms with Crippen molar-refractivity contribution in [3.8, 4) is 45.8 Å². The van der Waals surface area contributed by atoms with Crippen LogP contribution in [-0.2, 0) is 33.3 Å². The molecule has 59 heavy (non-hydrogen) atoms. The molecular formula is C38H36O21. The molecule has 0 radical (unpaired) electrons. The van der Waals surface area contributed by atoms with Gasteiger partial charge in [0.25, 0.3) is 0 Å². The number of aliphatic hydroxyl groups is 4. The quantitative estimate of drug-likeness (QED) is 0.0672. The van der Waals surface area contributed by atoms with Crippen molar-refractivity contribution in [1.29, 1.82) is 0 Å². The Morgan fingerprint density at radius 3 is 1.88 bits per heavy atom. The number of phenols is 3. The minimum Gasteiger partial charge on any atom is -0.508 e. The fourth-order valence-electron chi connectivity index (χ4n) is 6.26. The van der Waals surface area contributed by atoms with Crippen LogP contribution in [0, 0.1) is 0 Å². The molecule has 6 rings (SSSR count). The van der Waals surface area contributed by atoms with Gasteiger partial charge in [0, 0.05) is 29.8 Å². The third-order valence-electron chi connectivity index (χ3n) is 9.23. The molecule has 4 aromatic rings. The first-order valence-electron chi connectivity index (χ1n) is 17.3. The number of fused-ring (bicyclic) bond motifs is 1. The predicted octanol–water partition coefficient (Wildman–Crippen LogP) is 0.0458. The van der Waals surface area contributed by atoms with E-state index in [1.165, 1.54) is 56.7 Å². The van der Waals surface area contributed by atoms with Gasteiger partial charge in [-0.3, -0.25) is 4.79 Å². The summed E-state index contributed by atoms with van der Waals surface area (Å²) in [5.41, 5.74) is -0.476. The van der Waals surface area contributed by atoms with Crippen LogP contribution in [-0.4, -0.2) is 139 Å². The number of rotatable bonds is 12. The molecule has 3 heterocycles. The Bertz CT molecular complexity index is 2280. The fourth-order valence-corrected chi connectivity index (χ4v) is 6.26. The molecule has 21 nitrogen and oxygen atoms in total. The predicted molar refractivity (Wildman–Crippen MR) is 193 cm³/mol. The highest BCUT2D eigenvalue weighted by atomic mass is 16.8. The zero-order chi connectivity index (χ0) is 42.9. The summed E-state index contributed by atoms with van der Waals surface area (Å²) < 4.78 is 43.9. The molecule has 0 aliphatic carbocycles. The summed E-state index contributed by atoms with van der Waals surface area (Å²) in [6.45, 7) is 0. The Kier molecular flexibility index (Phi) is 12.3. The zero-order valence-electron chi connectivity index (χ0n) is 30.5. The van der Waals surface area contributed by atoms with E-state index < -0.39 is 96.2 Å². The maximum absolute atomic E-state index is 13.2. The van der Waals surface area contributed by atoms with Crippen LogP contribution in [0.5, 0.6) is 34.5 Å². The van der Waals surface area contributed by atoms with E-state index in [2.05, 4.69) is 0 Å². The molecule has 0 bridgehead atoms. The summed E-state index contributed by atoms with van der Waals surface area (Å²) in [6.07, 6.45) is -19.7. The largest absolute Gasteiger partial charge is 0.508 e. The standard InChI is InChI=1S/C38H36O21/c1-52-22-9-15(10-23(53-2)26(22)43)20-13-19(41)25-18(40)11-17(12-21(25)55-20)54-37-34(30(47)28(45)31(57-37)35(48)49)59-38-33(29(46)27(44)32(58-38)36(50)51)56-24(42)8-5-14-3-6-16(39)7-4-14/h3-13,27-34,37-40,43-47H,1-2H3,(H,48,49)(H,50,51)/b8-5+. The number of aliphatic hydroxyl groups excluding tert-OH is 4. The van der Waals surface area contributed by atoms with Gasteiger partial charge in [-0.15, -0.1) is 0 Å². The second-order valence-electron chi connectivity index (χ2n) is 13.1. The van der Waals surface area contributed by atoms with E-state index in [1.54, 1.807) is 0 Å². The lowest BCUT2D eigenvalue weighted by Gasteiger charge is -2.45. The number of aromatic hydroxyl groups is 3. The number of ether oxygens (including phenoxy) is 7. The van der Waals surface area contributed by atoms with E-state index >= 15 is 0 Å². The average molecular weight is 829 g/mol. The maximum atomic E-state index is 13.2. The third kappa shape index (κ3) is 8.71. The van der Waals surface area contributed by atoms with Crippen LogP contribution in [0.2, 0.25) is 0 Å². The number of phenolic OH excluding ortho intramolecular Hbond substituents is 3. The number of carbonyl (C=O) groups is 3. The van der Waals surface area contributed by atoms with Crippen LogP contribution in [0.1, 0.15) is 5.56 Å². The van der Waals surface area contributed by atoms with Crippen LogP contribution in [0.25, 0.3) is 28.4 Å². The Morgan fingerprint density at radius 1 is 0.729 bits per heavy atom. The molecule has 3 aromatic carbocycles. The maximum Gasteiger partial charge on any atom is 0.335 e. The average Bonchev–Trinajstić information content (AvgIpc) is 3.19. The highest BCUT2D eigenvalue weighted by Gasteiger charge is 2.55. The third-order valence-corrected chi connectivity index (χ3v) is 9.23. The van der Waals surface area contributed by atoms with Gasteiger partial charge >= 0.3 is 17.9 Å². The lowest BCUT2D eigenvalue weighted by molar-refractivity contribution is -0.350. The summed E-state index contributed by atoms with van der Waals surface area (Å²) in [4.78, 5) is 50.2. The van der Waals surface area contributed by atoms with E-state index in [0.29, 0.717) is 5.56 Å². The highest BCUT2D eigenvalue weighted by molar-refractivity contribution is 5.87. The molecule has 10 unspecified atom stereocenters. The SMILES string of the molecule is COc1cc(-c2cc(=O)c3c(O)cc(OC4OC(C(=O)O)C(O)C(O)C4OC4OC(C(=O)O)C(O)C(O)C4OC(=O)/C=C/c4ccc(O)cc4)cc3o2)cc(OC)c1O. The van der Waals surface area contributed by atoms with Gasteiger partial charge in [-0.05, 0) is 35.9 Å². The van der Waals surface area contributed by atoms with E-state index in [4.69, 9.17) is 37.6 Å². The smallest absolute Gasteiger partial charge is 0.335 e. The van der Waals surface area contributed by atoms with Crippen molar-refractivity contribution in [1.82, 2.24) is 0 Å². The monoisotopic (exact) mass is 828 g/mol. The molecule has 314 valence electrons. The van der Waals surface area contributed by atoms with E-state index in [1.807, 2.05) is 0 Å². The molecule has 2 aliphatic heterocycles. The number of hydrogen-bond donors (Lipinski definition) is 9. The van der Waals surface area contributed by atoms with Gasteiger partial charge < -0.3 is 83.5 Å². The normalized spacial score (nSPS) is 26.9. The van der Waals surface area contributed by atoms with Crippen molar-refractivity contribution in [2.45, 2.75) is 61.4 Å². The Morgan fingerprint density at radius 2 is 1.31 bits per heavy atom. The van der Waals surface area contributed by atoms with E-state index in [-0.39, 0.29) is 45.3 Å². The summed E-state index contributed by atoms with van der Waals surface area (Å²) in [7, 11) is 2.54. The van der Waals surface area contributed by atoms with Crippen LogP contribution < -0.4 is 19.6 Å². The molecular weight excluding hydrogens is 792 g/mol. The van der Waals surface area contributed by atoms with Gasteiger partial charge in [-0.25, -0.2) is 14.4 Å². The van der Waals surface area contributed by atoms with E-state index in [0.717, 1.165) is 24.3 Å². The van der Waals surface area contributed by atoms with Crippen molar-refractivity contribution in [3.05, 3.63) is 76.5 Å². The molecule has 2 fully saturated rings. The lowest BCUT2D eigenvalue weighted by Crippen LogP contribution is -2.66. The first-order chi connectivity index (χ1) is 28.0. The number of methoxy groups -OCH3 is 2. The molecule has 0 saturated carbocycles. The molecule has 2 aliphatic rings. The number of hydrogen-bond acceptors (Lipinski definition) is 19. The minimum absolute atomic E-state index is 0.0440. The minimum atomic E-state index is -2.27. The number of carboxylic acids is 2. The van der Waals surface area contributed by atoms with Crippen LogP contribution in [0.4, 0.5) is 0 Å². The molecule has 9 N–H and O–H groups in total. The fraction of sp³-hybridized carbons (Fsp3) is 0.316. The van der Waals surface area contributed by atoms with Crippen LogP contribution >= 0.6 is 0 Å². The number of carboxylic acid groups (broad SMARTS) is 2. The Labute approximate surface area is 330 Å². The van der Waals surface area contributed by atoms with Gasteiger partial charge in [0.1, 0.15) is 58.4 Å². The van der Waals surface area contributed by atoms with Gasteiger partial charge in [0.2, 0.25) is 12.0 Å². The van der Waals surface area contributed by atoms with Gasteiger partial charge in [-0.1, -0.05) is 12.1 Å². The Hall–Kier alpha value is -6.46. The van der Waals surface area contributed by atoms with Crippen molar-refractivity contribution in [3.63, 3.8) is 0 Å². The number of carbonyl (C=O) groups excluding carboxylic acids is 1. The van der Waals surface area contributed by atoms with Crippen molar-refractivity contribution < 1.29 is 97.9 Å². The number of benzene rings is 3. The second-order valence-corrected chi connectivity index (χ2v) is 13.1. The lowest BCUT2D eigenvalue weighted by atomic mass is 9.96. The molecule has 0 amide bonds. The number of esters is 1. The molecule has 10 atom stereocenters. The second kappa shape index (κ2) is 17.2. The van der Waals surface area contributed by atoms with Gasteiger partial charge in [-0.2, -0.15) is 0 Å². The topological polar surface area (TPSA) is 328 Å². The Balaban J connectivity index is 1.35. The first-order valence-corrected chi connectivity index (χ1v) is 17.3. The number of aliphatic carboxylic acids is 2. The molecule has 1 aromatic heterocycles. The molecule has 21 heteroatoms. The zero-order valence-corrected chi connectivity index (χ0v) is 30.5. The van der Waals surface area contributed by atoms with Gasteiger partial charge in [0.15, 0.2) is 47.6 Å². The van der Waals surface area contributed by atoms with Crippen molar-refractivity contribution >= 4 is 35.0 Å². The first kappa shape index (κ1) is 42.2. The summed E-state index contributed by atoms with van der Waals surface area (Å²) >= 11 is 0. The summed E-state index contributed by atoms with van der Waals surface area (Å²) in [5, 5.41) is 93.3. The highest BCUT2D eigenvalue weighted by Crippen LogP contribution is 2.41. The summed E-state index contributed by atoms with van der Waals surface area (Å²) in [5.74, 6) is -6.52. The van der Waals surface area contributed by atoms with E-state index in [9.17, 15) is 65.1 Å². The van der Waals surface area contributed by atoms with Crippen LogP contribution in [0.3, 0.4) is 0 Å². The molecule has 0 spiro atoms. The molecule has 2 saturated heterocycles. The van der Waals surface area contributed by atoms with Crippen LogP contribution in [0.15, 0.2) is 69.9 Å².